The second kappa shape index (κ2) is 8.98. The van der Waals surface area contributed by atoms with E-state index in [4.69, 9.17) is 9.26 Å². The van der Waals surface area contributed by atoms with Crippen LogP contribution >= 0.6 is 0 Å². The van der Waals surface area contributed by atoms with Gasteiger partial charge in [-0.15, -0.1) is 0 Å². The lowest BCUT2D eigenvalue weighted by Gasteiger charge is -2.33. The van der Waals surface area contributed by atoms with Crippen LogP contribution in [0.25, 0.3) is 22.8 Å². The van der Waals surface area contributed by atoms with E-state index in [1.54, 1.807) is 12.4 Å². The van der Waals surface area contributed by atoms with Crippen molar-refractivity contribution in [3.8, 4) is 22.8 Å². The summed E-state index contributed by atoms with van der Waals surface area (Å²) in [5.74, 6) is 1.51. The van der Waals surface area contributed by atoms with E-state index in [0.717, 1.165) is 37.1 Å². The van der Waals surface area contributed by atoms with E-state index in [-0.39, 0.29) is 18.1 Å². The van der Waals surface area contributed by atoms with Gasteiger partial charge in [0.05, 0.1) is 5.60 Å². The molecule has 3 aromatic rings. The molecule has 7 heteroatoms. The average molecular weight is 421 g/mol. The number of hydrogen-bond donors (Lipinski definition) is 0. The van der Waals surface area contributed by atoms with Gasteiger partial charge < -0.3 is 14.2 Å². The van der Waals surface area contributed by atoms with Crippen LogP contribution < -0.4 is 0 Å². The van der Waals surface area contributed by atoms with Crippen molar-refractivity contribution in [2.75, 3.05) is 19.7 Å². The van der Waals surface area contributed by atoms with Crippen LogP contribution in [-0.4, -0.2) is 51.2 Å². The van der Waals surface area contributed by atoms with Crippen molar-refractivity contribution < 1.29 is 14.1 Å². The largest absolute Gasteiger partial charge is 0.366 e. The predicted molar refractivity (Wildman–Crippen MR) is 117 cm³/mol. The number of amides is 1. The fraction of sp³-hybridized carbons (Fsp3) is 0.417. The maximum Gasteiger partial charge on any atom is 0.258 e. The summed E-state index contributed by atoms with van der Waals surface area (Å²) in [6.45, 7) is 7.51. The monoisotopic (exact) mass is 420 g/mol. The molecule has 0 aliphatic carbocycles. The molecule has 0 radical (unpaired) electrons. The minimum absolute atomic E-state index is 0.0663. The Bertz CT molecular complexity index is 1020. The lowest BCUT2D eigenvalue weighted by molar-refractivity contribution is -0.142. The molecule has 2 aromatic heterocycles. The number of hydrogen-bond acceptors (Lipinski definition) is 6. The number of carbonyl (C=O) groups is 1. The van der Waals surface area contributed by atoms with Crippen LogP contribution in [0.2, 0.25) is 0 Å². The molecule has 1 saturated heterocycles. The van der Waals surface area contributed by atoms with E-state index in [1.807, 2.05) is 49.9 Å². The number of ether oxygens (including phenoxy) is 1. The smallest absolute Gasteiger partial charge is 0.258 e. The van der Waals surface area contributed by atoms with E-state index in [9.17, 15) is 4.79 Å². The Hall–Kier alpha value is -3.06. The lowest BCUT2D eigenvalue weighted by atomic mass is 9.88. The fourth-order valence-electron chi connectivity index (χ4n) is 3.72. The normalized spacial score (nSPS) is 15.3. The van der Waals surface area contributed by atoms with Crippen molar-refractivity contribution in [1.29, 1.82) is 0 Å². The first-order valence-electron chi connectivity index (χ1n) is 10.7. The maximum absolute atomic E-state index is 12.4. The highest BCUT2D eigenvalue weighted by Crippen LogP contribution is 2.31. The molecular formula is C24H28N4O3. The second-order valence-electron chi connectivity index (χ2n) is 8.84. The van der Waals surface area contributed by atoms with Crippen molar-refractivity contribution >= 4 is 5.91 Å². The Kier molecular flexibility index (Phi) is 6.13. The van der Waals surface area contributed by atoms with Crippen molar-refractivity contribution in [1.82, 2.24) is 20.0 Å². The molecule has 0 spiro atoms. The van der Waals surface area contributed by atoms with Gasteiger partial charge in [-0.3, -0.25) is 9.78 Å². The molecule has 0 atom stereocenters. The molecule has 1 fully saturated rings. The summed E-state index contributed by atoms with van der Waals surface area (Å²) in [7, 11) is 0. The van der Waals surface area contributed by atoms with Gasteiger partial charge in [0.2, 0.25) is 11.7 Å². The van der Waals surface area contributed by atoms with Gasteiger partial charge in [-0.25, -0.2) is 0 Å². The van der Waals surface area contributed by atoms with Gasteiger partial charge in [0.25, 0.3) is 5.89 Å². The topological polar surface area (TPSA) is 81.4 Å². The standard InChI is InChI=1S/C24H28N4O3/c1-24(2,3)30-16-21(29)28-13-9-17(10-14-28)19-5-4-6-20(15-19)23-26-22(27-31-23)18-7-11-25-12-8-18/h4-8,11-12,15,17H,9-10,13-14,16H2,1-3H3. The van der Waals surface area contributed by atoms with E-state index >= 15 is 0 Å². The van der Waals surface area contributed by atoms with E-state index in [0.29, 0.717) is 17.6 Å². The summed E-state index contributed by atoms with van der Waals surface area (Å²) in [4.78, 5) is 22.9. The van der Waals surface area contributed by atoms with Crippen molar-refractivity contribution in [2.24, 2.45) is 0 Å². The summed E-state index contributed by atoms with van der Waals surface area (Å²) < 4.78 is 11.1. The number of piperidine rings is 1. The first kappa shape index (κ1) is 21.2. The Balaban J connectivity index is 1.40. The zero-order chi connectivity index (χ0) is 21.8. The third-order valence-electron chi connectivity index (χ3n) is 5.45. The molecule has 0 saturated carbocycles. The number of carbonyl (C=O) groups excluding carboxylic acids is 1. The Morgan fingerprint density at radius 2 is 1.87 bits per heavy atom. The summed E-state index contributed by atoms with van der Waals surface area (Å²) >= 11 is 0. The van der Waals surface area contributed by atoms with Gasteiger partial charge in [0.15, 0.2) is 0 Å². The minimum Gasteiger partial charge on any atom is -0.366 e. The number of benzene rings is 1. The third-order valence-corrected chi connectivity index (χ3v) is 5.45. The molecule has 3 heterocycles. The number of nitrogens with zero attached hydrogens (tertiary/aromatic N) is 4. The maximum atomic E-state index is 12.4. The summed E-state index contributed by atoms with van der Waals surface area (Å²) in [6.07, 6.45) is 5.27. The SMILES string of the molecule is CC(C)(C)OCC(=O)N1CCC(c2cccc(-c3nc(-c4ccncc4)no3)c2)CC1. The molecule has 1 aliphatic heterocycles. The van der Waals surface area contributed by atoms with Gasteiger partial charge >= 0.3 is 0 Å². The third kappa shape index (κ3) is 5.35. The Morgan fingerprint density at radius 3 is 2.58 bits per heavy atom. The van der Waals surface area contributed by atoms with Crippen LogP contribution in [0.3, 0.4) is 0 Å². The van der Waals surface area contributed by atoms with E-state index in [1.165, 1.54) is 5.56 Å². The van der Waals surface area contributed by atoms with Gasteiger partial charge in [0, 0.05) is 36.6 Å². The molecule has 4 rings (SSSR count). The van der Waals surface area contributed by atoms with Crippen molar-refractivity contribution in [3.05, 3.63) is 54.4 Å². The Labute approximate surface area is 182 Å². The minimum atomic E-state index is -0.305. The number of pyridine rings is 1. The molecule has 1 amide bonds. The zero-order valence-corrected chi connectivity index (χ0v) is 18.2. The molecule has 31 heavy (non-hydrogen) atoms. The van der Waals surface area contributed by atoms with Crippen LogP contribution in [0.5, 0.6) is 0 Å². The molecule has 0 bridgehead atoms. The van der Waals surface area contributed by atoms with Gasteiger partial charge in [-0.2, -0.15) is 4.98 Å². The highest BCUT2D eigenvalue weighted by Gasteiger charge is 2.25. The average Bonchev–Trinajstić information content (AvgIpc) is 3.28. The number of rotatable bonds is 5. The van der Waals surface area contributed by atoms with Crippen LogP contribution in [0, 0.1) is 0 Å². The van der Waals surface area contributed by atoms with E-state index in [2.05, 4.69) is 27.3 Å². The lowest BCUT2D eigenvalue weighted by Crippen LogP contribution is -2.41. The van der Waals surface area contributed by atoms with Crippen LogP contribution in [0.1, 0.15) is 45.1 Å². The van der Waals surface area contributed by atoms with Crippen molar-refractivity contribution in [2.45, 2.75) is 45.1 Å². The number of likely N-dealkylation sites (tertiary alicyclic amines) is 1. The first-order valence-corrected chi connectivity index (χ1v) is 10.7. The van der Waals surface area contributed by atoms with E-state index < -0.39 is 0 Å². The predicted octanol–water partition coefficient (Wildman–Crippen LogP) is 4.32. The molecule has 0 unspecified atom stereocenters. The van der Waals surface area contributed by atoms with Crippen LogP contribution in [-0.2, 0) is 9.53 Å². The van der Waals surface area contributed by atoms with Crippen LogP contribution in [0.15, 0.2) is 53.3 Å². The molecule has 1 aliphatic rings. The zero-order valence-electron chi connectivity index (χ0n) is 18.2. The highest BCUT2D eigenvalue weighted by molar-refractivity contribution is 5.77. The van der Waals surface area contributed by atoms with Crippen LogP contribution in [0.4, 0.5) is 0 Å². The molecular weight excluding hydrogens is 392 g/mol. The first-order chi connectivity index (χ1) is 14.9. The molecule has 7 nitrogen and oxygen atoms in total. The van der Waals surface area contributed by atoms with Crippen molar-refractivity contribution in [3.63, 3.8) is 0 Å². The molecule has 1 aromatic carbocycles. The van der Waals surface area contributed by atoms with Gasteiger partial charge in [-0.1, -0.05) is 17.3 Å². The van der Waals surface area contributed by atoms with Gasteiger partial charge in [-0.05, 0) is 69.4 Å². The van der Waals surface area contributed by atoms with Gasteiger partial charge in [0.1, 0.15) is 6.61 Å². The summed E-state index contributed by atoms with van der Waals surface area (Å²) in [5.41, 5.74) is 2.70. The molecule has 162 valence electrons. The summed E-state index contributed by atoms with van der Waals surface area (Å²) in [5, 5.41) is 4.10. The highest BCUT2D eigenvalue weighted by atomic mass is 16.5. The summed E-state index contributed by atoms with van der Waals surface area (Å²) in [6, 6.07) is 12.0. The molecule has 0 N–H and O–H groups in total. The number of aromatic nitrogens is 3. The Morgan fingerprint density at radius 1 is 1.13 bits per heavy atom. The fourth-order valence-corrected chi connectivity index (χ4v) is 3.72. The quantitative estimate of drug-likeness (QED) is 0.611. The second-order valence-corrected chi connectivity index (χ2v) is 8.84.